The number of aldehydes is 1. The van der Waals surface area contributed by atoms with E-state index in [1.807, 2.05) is 42.5 Å². The second-order valence-electron chi connectivity index (χ2n) is 4.98. The SMILES string of the molecule is C[C@]1(C#N)OO[C@@H](c2ccccc2-c2ccccc2C=O)O1. The summed E-state index contributed by atoms with van der Waals surface area (Å²) in [5.41, 5.74) is 2.82. The second kappa shape index (κ2) is 5.70. The summed E-state index contributed by atoms with van der Waals surface area (Å²) in [6.07, 6.45) is -0.0289. The lowest BCUT2D eigenvalue weighted by molar-refractivity contribution is -0.312. The van der Waals surface area contributed by atoms with E-state index in [2.05, 4.69) is 0 Å². The van der Waals surface area contributed by atoms with Gasteiger partial charge in [0.15, 0.2) is 6.29 Å². The maximum absolute atomic E-state index is 11.3. The van der Waals surface area contributed by atoms with Crippen LogP contribution in [0.2, 0.25) is 0 Å². The number of benzene rings is 2. The highest BCUT2D eigenvalue weighted by molar-refractivity contribution is 5.88. The fourth-order valence-corrected chi connectivity index (χ4v) is 2.33. The van der Waals surface area contributed by atoms with Crippen molar-refractivity contribution >= 4 is 6.29 Å². The highest BCUT2D eigenvalue weighted by Gasteiger charge is 2.41. The third-order valence-corrected chi connectivity index (χ3v) is 3.42. The molecule has 0 radical (unpaired) electrons. The Morgan fingerprint density at radius 3 is 2.50 bits per heavy atom. The number of hydrogen-bond acceptors (Lipinski definition) is 5. The Balaban J connectivity index is 2.05. The summed E-state index contributed by atoms with van der Waals surface area (Å²) in [6, 6.07) is 16.5. The molecule has 1 aliphatic heterocycles. The van der Waals surface area contributed by atoms with E-state index in [-0.39, 0.29) is 0 Å². The molecule has 1 aliphatic rings. The molecule has 1 saturated heterocycles. The topological polar surface area (TPSA) is 68.5 Å². The van der Waals surface area contributed by atoms with Crippen molar-refractivity contribution in [3.63, 3.8) is 0 Å². The van der Waals surface area contributed by atoms with Crippen LogP contribution in [0.4, 0.5) is 0 Å². The quantitative estimate of drug-likeness (QED) is 0.641. The highest BCUT2D eigenvalue weighted by Crippen LogP contribution is 2.39. The first kappa shape index (κ1) is 14.4. The van der Waals surface area contributed by atoms with Gasteiger partial charge in [-0.25, -0.2) is 0 Å². The van der Waals surface area contributed by atoms with E-state index in [1.165, 1.54) is 6.92 Å². The minimum atomic E-state index is -1.44. The summed E-state index contributed by atoms with van der Waals surface area (Å²) >= 11 is 0. The van der Waals surface area contributed by atoms with Crippen molar-refractivity contribution in [2.45, 2.75) is 19.0 Å². The average Bonchev–Trinajstić information content (AvgIpc) is 2.98. The van der Waals surface area contributed by atoms with Crippen LogP contribution >= 0.6 is 0 Å². The summed E-state index contributed by atoms with van der Waals surface area (Å²) in [7, 11) is 0. The molecule has 0 N–H and O–H groups in total. The van der Waals surface area contributed by atoms with Crippen molar-refractivity contribution < 1.29 is 19.3 Å². The Hall–Kier alpha value is -2.52. The molecule has 0 saturated carbocycles. The molecule has 5 heteroatoms. The van der Waals surface area contributed by atoms with E-state index >= 15 is 0 Å². The van der Waals surface area contributed by atoms with E-state index in [4.69, 9.17) is 19.8 Å². The fraction of sp³-hybridized carbons (Fsp3) is 0.176. The monoisotopic (exact) mass is 295 g/mol. The van der Waals surface area contributed by atoms with Crippen LogP contribution in [0, 0.1) is 11.3 Å². The molecule has 110 valence electrons. The Bertz CT molecular complexity index is 752. The van der Waals surface area contributed by atoms with Crippen molar-refractivity contribution in [2.24, 2.45) is 0 Å². The molecule has 0 unspecified atom stereocenters. The standard InChI is InChI=1S/C17H13NO4/c1-17(11-18)20-16(21-22-17)15-9-5-4-8-14(15)13-7-3-2-6-12(13)10-19/h2-10,16H,1H3/t16-,17+/m0/s1. The van der Waals surface area contributed by atoms with Gasteiger partial charge in [0.25, 0.3) is 5.79 Å². The van der Waals surface area contributed by atoms with Crippen LogP contribution < -0.4 is 0 Å². The zero-order chi connectivity index (χ0) is 15.6. The summed E-state index contributed by atoms with van der Waals surface area (Å²) in [5.74, 6) is -1.44. The van der Waals surface area contributed by atoms with Gasteiger partial charge >= 0.3 is 0 Å². The van der Waals surface area contributed by atoms with Crippen LogP contribution in [-0.2, 0) is 14.5 Å². The molecule has 2 atom stereocenters. The molecule has 2 aromatic carbocycles. The van der Waals surface area contributed by atoms with Crippen molar-refractivity contribution in [2.75, 3.05) is 0 Å². The molecular weight excluding hydrogens is 282 g/mol. The minimum absolute atomic E-state index is 0.567. The van der Waals surface area contributed by atoms with Gasteiger partial charge < -0.3 is 0 Å². The van der Waals surface area contributed by atoms with E-state index in [0.29, 0.717) is 11.1 Å². The van der Waals surface area contributed by atoms with Gasteiger partial charge in [0.2, 0.25) is 6.29 Å². The van der Waals surface area contributed by atoms with Crippen LogP contribution in [0.1, 0.15) is 29.1 Å². The van der Waals surface area contributed by atoms with Gasteiger partial charge in [-0.3, -0.25) is 9.53 Å². The van der Waals surface area contributed by atoms with Crippen molar-refractivity contribution in [3.8, 4) is 17.2 Å². The Kier molecular flexibility index (Phi) is 3.73. The number of carbonyl (C=O) groups is 1. The molecule has 3 rings (SSSR count). The number of ether oxygens (including phenoxy) is 1. The maximum Gasteiger partial charge on any atom is 0.289 e. The summed E-state index contributed by atoms with van der Waals surface area (Å²) in [5, 5.41) is 9.03. The molecule has 1 fully saturated rings. The molecule has 22 heavy (non-hydrogen) atoms. The Morgan fingerprint density at radius 1 is 1.14 bits per heavy atom. The molecule has 0 spiro atoms. The first-order valence-corrected chi connectivity index (χ1v) is 6.74. The zero-order valence-corrected chi connectivity index (χ0v) is 11.9. The summed E-state index contributed by atoms with van der Waals surface area (Å²) in [6.45, 7) is 1.48. The smallest absolute Gasteiger partial charge is 0.289 e. The molecule has 0 amide bonds. The normalized spacial score (nSPS) is 23.9. The largest absolute Gasteiger partial charge is 0.299 e. The Labute approximate surface area is 127 Å². The van der Waals surface area contributed by atoms with E-state index in [0.717, 1.165) is 17.4 Å². The van der Waals surface area contributed by atoms with Crippen LogP contribution in [0.3, 0.4) is 0 Å². The van der Waals surface area contributed by atoms with Crippen LogP contribution in [0.25, 0.3) is 11.1 Å². The van der Waals surface area contributed by atoms with E-state index in [1.54, 1.807) is 12.1 Å². The molecular formula is C17H13NO4. The lowest BCUT2D eigenvalue weighted by Gasteiger charge is -2.15. The average molecular weight is 295 g/mol. The van der Waals surface area contributed by atoms with Crippen molar-refractivity contribution in [3.05, 3.63) is 59.7 Å². The van der Waals surface area contributed by atoms with E-state index in [9.17, 15) is 4.79 Å². The molecule has 0 aliphatic carbocycles. The molecule has 5 nitrogen and oxygen atoms in total. The number of rotatable bonds is 3. The zero-order valence-electron chi connectivity index (χ0n) is 11.9. The van der Waals surface area contributed by atoms with Crippen LogP contribution in [0.15, 0.2) is 48.5 Å². The number of nitrogens with zero attached hydrogens (tertiary/aromatic N) is 1. The predicted molar refractivity (Wildman–Crippen MR) is 77.3 cm³/mol. The molecule has 1 heterocycles. The fourth-order valence-electron chi connectivity index (χ4n) is 2.33. The third kappa shape index (κ3) is 2.51. The lowest BCUT2D eigenvalue weighted by Crippen LogP contribution is -2.22. The first-order valence-electron chi connectivity index (χ1n) is 6.74. The van der Waals surface area contributed by atoms with Gasteiger partial charge in [-0.1, -0.05) is 48.5 Å². The van der Waals surface area contributed by atoms with E-state index < -0.39 is 12.1 Å². The Morgan fingerprint density at radius 2 is 1.82 bits per heavy atom. The minimum Gasteiger partial charge on any atom is -0.299 e. The number of carbonyl (C=O) groups excluding carboxylic acids is 1. The predicted octanol–water partition coefficient (Wildman–Crippen LogP) is 3.38. The van der Waals surface area contributed by atoms with Gasteiger partial charge in [-0.15, -0.1) is 0 Å². The maximum atomic E-state index is 11.3. The number of hydrogen-bond donors (Lipinski definition) is 0. The van der Waals surface area contributed by atoms with Gasteiger partial charge in [-0.2, -0.15) is 15.0 Å². The first-order chi connectivity index (χ1) is 10.7. The highest BCUT2D eigenvalue weighted by atomic mass is 17.3. The summed E-state index contributed by atoms with van der Waals surface area (Å²) < 4.78 is 5.53. The molecule has 0 bridgehead atoms. The third-order valence-electron chi connectivity index (χ3n) is 3.42. The second-order valence-corrected chi connectivity index (χ2v) is 4.98. The molecule has 0 aromatic heterocycles. The number of nitriles is 1. The lowest BCUT2D eigenvalue weighted by atomic mass is 9.95. The molecule has 2 aromatic rings. The van der Waals surface area contributed by atoms with Gasteiger partial charge in [0.05, 0.1) is 0 Å². The van der Waals surface area contributed by atoms with Gasteiger partial charge in [-0.05, 0) is 11.1 Å². The van der Waals surface area contributed by atoms with Gasteiger partial charge in [0.1, 0.15) is 6.07 Å². The van der Waals surface area contributed by atoms with Crippen LogP contribution in [-0.4, -0.2) is 12.1 Å². The van der Waals surface area contributed by atoms with Crippen molar-refractivity contribution in [1.82, 2.24) is 0 Å². The summed E-state index contributed by atoms with van der Waals surface area (Å²) in [4.78, 5) is 21.4. The van der Waals surface area contributed by atoms with Crippen molar-refractivity contribution in [1.29, 1.82) is 5.26 Å². The van der Waals surface area contributed by atoms with Crippen LogP contribution in [0.5, 0.6) is 0 Å². The van der Waals surface area contributed by atoms with Gasteiger partial charge in [0, 0.05) is 18.1 Å².